The van der Waals surface area contributed by atoms with Crippen molar-refractivity contribution < 1.29 is 0 Å². The van der Waals surface area contributed by atoms with Crippen LogP contribution in [0.2, 0.25) is 0 Å². The van der Waals surface area contributed by atoms with E-state index >= 15 is 0 Å². The summed E-state index contributed by atoms with van der Waals surface area (Å²) >= 11 is 0. The first-order valence-electron chi connectivity index (χ1n) is 6.21. The summed E-state index contributed by atoms with van der Waals surface area (Å²) in [6.45, 7) is 2.65. The maximum absolute atomic E-state index is 5.98. The minimum atomic E-state index is 0.834. The van der Waals surface area contributed by atoms with E-state index in [9.17, 15) is 0 Å². The summed E-state index contributed by atoms with van der Waals surface area (Å²) < 4.78 is 0. The minimum Gasteiger partial charge on any atom is -0.398 e. The summed E-state index contributed by atoms with van der Waals surface area (Å²) in [4.78, 5) is 0. The Labute approximate surface area is 107 Å². The number of nitrogens with two attached hydrogens (primary N) is 1. The molecule has 2 aromatic rings. The lowest BCUT2D eigenvalue weighted by Gasteiger charge is -2.30. The second kappa shape index (κ2) is 4.80. The molecule has 0 aromatic heterocycles. The lowest BCUT2D eigenvalue weighted by atomic mass is 10.1. The number of nitrogen functional groups attached to an aromatic ring is 1. The molecule has 3 heteroatoms. The molecule has 0 bridgehead atoms. The molecule has 0 spiro atoms. The topological polar surface area (TPSA) is 41.3 Å². The van der Waals surface area contributed by atoms with Crippen LogP contribution in [0.15, 0.2) is 48.5 Å². The molecule has 3 N–H and O–H groups in total. The Morgan fingerprint density at radius 3 is 2.56 bits per heavy atom. The number of nitrogens with zero attached hydrogens (tertiary/aromatic N) is 1. The van der Waals surface area contributed by atoms with Crippen LogP contribution in [0.25, 0.3) is 0 Å². The highest BCUT2D eigenvalue weighted by Crippen LogP contribution is 2.19. The lowest BCUT2D eigenvalue weighted by molar-refractivity contribution is 0.150. The van der Waals surface area contributed by atoms with Gasteiger partial charge in [-0.05, 0) is 22.8 Å². The number of benzene rings is 2. The van der Waals surface area contributed by atoms with Crippen LogP contribution in [0.1, 0.15) is 16.7 Å². The molecule has 0 amide bonds. The molecule has 3 rings (SSSR count). The molecule has 18 heavy (non-hydrogen) atoms. The number of hydrazine groups is 1. The van der Waals surface area contributed by atoms with E-state index < -0.39 is 0 Å². The van der Waals surface area contributed by atoms with Gasteiger partial charge in [-0.1, -0.05) is 42.5 Å². The molecule has 0 fully saturated rings. The van der Waals surface area contributed by atoms with Crippen molar-refractivity contribution >= 4 is 5.69 Å². The van der Waals surface area contributed by atoms with Gasteiger partial charge in [0.25, 0.3) is 0 Å². The number of para-hydroxylation sites is 1. The number of rotatable bonds is 2. The number of hydrogen-bond acceptors (Lipinski definition) is 3. The standard InChI is InChI=1S/C15H17N3/c16-15-8-4-3-7-14(15)11-18-10-13-6-2-1-5-12(13)9-17-18/h1-8,17H,9-11,16H2. The van der Waals surface area contributed by atoms with E-state index in [4.69, 9.17) is 5.73 Å². The predicted octanol–water partition coefficient (Wildman–Crippen LogP) is 2.29. The molecular weight excluding hydrogens is 222 g/mol. The number of anilines is 1. The van der Waals surface area contributed by atoms with Crippen LogP contribution in [0.4, 0.5) is 5.69 Å². The minimum absolute atomic E-state index is 0.834. The molecule has 0 saturated heterocycles. The second-order valence-corrected chi connectivity index (χ2v) is 4.66. The zero-order chi connectivity index (χ0) is 12.4. The Balaban J connectivity index is 1.75. The van der Waals surface area contributed by atoms with Crippen molar-refractivity contribution in [2.24, 2.45) is 0 Å². The zero-order valence-corrected chi connectivity index (χ0v) is 10.3. The highest BCUT2D eigenvalue weighted by Gasteiger charge is 2.15. The van der Waals surface area contributed by atoms with E-state index in [0.717, 1.165) is 25.3 Å². The normalized spacial score (nSPS) is 15.3. The molecule has 1 aliphatic heterocycles. The largest absolute Gasteiger partial charge is 0.398 e. The average molecular weight is 239 g/mol. The number of nitrogens with one attached hydrogen (secondary N) is 1. The fourth-order valence-corrected chi connectivity index (χ4v) is 2.34. The van der Waals surface area contributed by atoms with E-state index in [-0.39, 0.29) is 0 Å². The predicted molar refractivity (Wildman–Crippen MR) is 73.4 cm³/mol. The quantitative estimate of drug-likeness (QED) is 0.790. The van der Waals surface area contributed by atoms with Crippen molar-refractivity contribution in [1.29, 1.82) is 0 Å². The Kier molecular flexibility index (Phi) is 3.00. The molecule has 0 saturated carbocycles. The van der Waals surface area contributed by atoms with Crippen LogP contribution >= 0.6 is 0 Å². The maximum atomic E-state index is 5.98. The van der Waals surface area contributed by atoms with E-state index in [1.165, 1.54) is 16.7 Å². The Morgan fingerprint density at radius 2 is 1.72 bits per heavy atom. The monoisotopic (exact) mass is 239 g/mol. The molecule has 0 unspecified atom stereocenters. The van der Waals surface area contributed by atoms with Crippen LogP contribution in [0.5, 0.6) is 0 Å². The summed E-state index contributed by atoms with van der Waals surface area (Å²) in [5.41, 5.74) is 14.2. The zero-order valence-electron chi connectivity index (χ0n) is 10.3. The van der Waals surface area contributed by atoms with Gasteiger partial charge in [0, 0.05) is 25.3 Å². The van der Waals surface area contributed by atoms with Gasteiger partial charge in [0.2, 0.25) is 0 Å². The molecule has 92 valence electrons. The van der Waals surface area contributed by atoms with Gasteiger partial charge in [0.05, 0.1) is 0 Å². The van der Waals surface area contributed by atoms with Crippen molar-refractivity contribution in [2.75, 3.05) is 5.73 Å². The van der Waals surface area contributed by atoms with Gasteiger partial charge in [-0.25, -0.2) is 5.01 Å². The molecule has 0 aliphatic carbocycles. The van der Waals surface area contributed by atoms with Crippen molar-refractivity contribution in [3.05, 3.63) is 65.2 Å². The van der Waals surface area contributed by atoms with Crippen molar-refractivity contribution in [3.8, 4) is 0 Å². The van der Waals surface area contributed by atoms with Gasteiger partial charge in [0.1, 0.15) is 0 Å². The molecule has 0 radical (unpaired) electrons. The van der Waals surface area contributed by atoms with Gasteiger partial charge >= 0.3 is 0 Å². The fourth-order valence-electron chi connectivity index (χ4n) is 2.34. The summed E-state index contributed by atoms with van der Waals surface area (Å²) in [7, 11) is 0. The highest BCUT2D eigenvalue weighted by atomic mass is 15.5. The Bertz CT molecular complexity index is 551. The highest BCUT2D eigenvalue weighted by molar-refractivity contribution is 5.46. The molecule has 2 aromatic carbocycles. The molecule has 1 heterocycles. The van der Waals surface area contributed by atoms with E-state index in [1.54, 1.807) is 0 Å². The van der Waals surface area contributed by atoms with E-state index in [2.05, 4.69) is 40.8 Å². The van der Waals surface area contributed by atoms with Crippen LogP contribution in [0, 0.1) is 0 Å². The smallest absolute Gasteiger partial charge is 0.0406 e. The van der Waals surface area contributed by atoms with Crippen LogP contribution in [0.3, 0.4) is 0 Å². The van der Waals surface area contributed by atoms with Gasteiger partial charge in [0.15, 0.2) is 0 Å². The molecule has 1 aliphatic rings. The number of hydrogen-bond donors (Lipinski definition) is 2. The van der Waals surface area contributed by atoms with E-state index in [1.807, 2.05) is 18.2 Å². The van der Waals surface area contributed by atoms with Crippen molar-refractivity contribution in [1.82, 2.24) is 10.4 Å². The third-order valence-electron chi connectivity index (χ3n) is 3.39. The van der Waals surface area contributed by atoms with Gasteiger partial charge in [-0.15, -0.1) is 0 Å². The molecular formula is C15H17N3. The SMILES string of the molecule is Nc1ccccc1CN1Cc2ccccc2CN1. The van der Waals surface area contributed by atoms with Gasteiger partial charge < -0.3 is 5.73 Å². The Hall–Kier alpha value is -1.84. The molecule has 3 nitrogen and oxygen atoms in total. The summed E-state index contributed by atoms with van der Waals surface area (Å²) in [5, 5.41) is 2.22. The van der Waals surface area contributed by atoms with Crippen LogP contribution in [-0.4, -0.2) is 5.01 Å². The molecule has 0 atom stereocenters. The average Bonchev–Trinajstić information content (AvgIpc) is 2.41. The van der Waals surface area contributed by atoms with Crippen LogP contribution in [-0.2, 0) is 19.6 Å². The van der Waals surface area contributed by atoms with Gasteiger partial charge in [-0.2, -0.15) is 0 Å². The Morgan fingerprint density at radius 1 is 1.00 bits per heavy atom. The fraction of sp³-hybridized carbons (Fsp3) is 0.200. The number of fused-ring (bicyclic) bond motifs is 1. The summed E-state index contributed by atoms with van der Waals surface area (Å²) in [5.74, 6) is 0. The maximum Gasteiger partial charge on any atom is 0.0406 e. The van der Waals surface area contributed by atoms with Crippen LogP contribution < -0.4 is 11.2 Å². The third kappa shape index (κ3) is 2.23. The summed E-state index contributed by atoms with van der Waals surface area (Å²) in [6.07, 6.45) is 0. The first kappa shape index (κ1) is 11.3. The lowest BCUT2D eigenvalue weighted by Crippen LogP contribution is -2.40. The first-order valence-corrected chi connectivity index (χ1v) is 6.21. The third-order valence-corrected chi connectivity index (χ3v) is 3.39. The summed E-state index contributed by atoms with van der Waals surface area (Å²) in [6, 6.07) is 16.6. The van der Waals surface area contributed by atoms with Gasteiger partial charge in [-0.3, -0.25) is 5.43 Å². The first-order chi connectivity index (χ1) is 8.83. The second-order valence-electron chi connectivity index (χ2n) is 4.66. The van der Waals surface area contributed by atoms with Crippen molar-refractivity contribution in [2.45, 2.75) is 19.6 Å². The van der Waals surface area contributed by atoms with E-state index in [0.29, 0.717) is 0 Å². The van der Waals surface area contributed by atoms with Crippen molar-refractivity contribution in [3.63, 3.8) is 0 Å².